The summed E-state index contributed by atoms with van der Waals surface area (Å²) in [5, 5.41) is 6.75. The van der Waals surface area contributed by atoms with Crippen molar-refractivity contribution in [3.8, 4) is 5.75 Å². The average Bonchev–Trinajstić information content (AvgIpc) is 3.11. The van der Waals surface area contributed by atoms with Gasteiger partial charge in [0.25, 0.3) is 5.91 Å². The van der Waals surface area contributed by atoms with E-state index >= 15 is 0 Å². The summed E-state index contributed by atoms with van der Waals surface area (Å²) in [6.07, 6.45) is 0. The largest absolute Gasteiger partial charge is 0.495 e. The number of rotatable bonds is 8. The molecule has 3 N–H and O–H groups in total. The van der Waals surface area contributed by atoms with Crippen LogP contribution in [0, 0.1) is 0 Å². The van der Waals surface area contributed by atoms with Crippen LogP contribution in [0.3, 0.4) is 0 Å². The second-order valence-electron chi connectivity index (χ2n) is 7.89. The summed E-state index contributed by atoms with van der Waals surface area (Å²) in [4.78, 5) is 17.0. The number of anilines is 1. The van der Waals surface area contributed by atoms with E-state index in [1.165, 1.54) is 25.3 Å². The molecule has 0 saturated carbocycles. The highest BCUT2D eigenvalue weighted by Crippen LogP contribution is 2.26. The summed E-state index contributed by atoms with van der Waals surface area (Å²) in [6, 6.07) is 12.2. The molecule has 0 radical (unpaired) electrons. The fraction of sp³-hybridized carbons (Fsp3) is 0.333. The number of para-hydroxylation sites is 1. The first kappa shape index (κ1) is 23.0. The average molecular weight is 463 g/mol. The lowest BCUT2D eigenvalue weighted by atomic mass is 10.1. The first-order valence-electron chi connectivity index (χ1n) is 9.69. The number of methoxy groups -OCH3 is 1. The number of benzene rings is 2. The van der Waals surface area contributed by atoms with Crippen LogP contribution in [-0.4, -0.2) is 45.0 Å². The lowest BCUT2D eigenvalue weighted by Crippen LogP contribution is -2.40. The van der Waals surface area contributed by atoms with Gasteiger partial charge in [-0.1, -0.05) is 23.5 Å². The van der Waals surface area contributed by atoms with Crippen LogP contribution >= 0.6 is 11.3 Å². The fourth-order valence-corrected chi connectivity index (χ4v) is 5.39. The quantitative estimate of drug-likeness (QED) is 0.444. The van der Waals surface area contributed by atoms with Crippen LogP contribution in [-0.2, 0) is 10.0 Å². The molecule has 0 unspecified atom stereocenters. The summed E-state index contributed by atoms with van der Waals surface area (Å²) in [6.45, 7) is 6.06. The van der Waals surface area contributed by atoms with Crippen molar-refractivity contribution in [2.75, 3.05) is 25.5 Å². The van der Waals surface area contributed by atoms with Crippen molar-refractivity contribution in [2.24, 2.45) is 0 Å². The molecule has 0 fully saturated rings. The zero-order chi connectivity index (χ0) is 22.6. The Bertz CT molecular complexity index is 1150. The highest BCUT2D eigenvalue weighted by Gasteiger charge is 2.26. The summed E-state index contributed by atoms with van der Waals surface area (Å²) in [5.41, 5.74) is 0.485. The molecular weight excluding hydrogens is 436 g/mol. The molecule has 166 valence electrons. The number of nitrogens with zero attached hydrogens (tertiary/aromatic N) is 1. The molecule has 0 aliphatic heterocycles. The van der Waals surface area contributed by atoms with Crippen LogP contribution in [0.4, 0.5) is 5.13 Å². The molecule has 0 bridgehead atoms. The van der Waals surface area contributed by atoms with Gasteiger partial charge in [-0.2, -0.15) is 0 Å². The zero-order valence-corrected chi connectivity index (χ0v) is 19.5. The van der Waals surface area contributed by atoms with E-state index in [9.17, 15) is 13.2 Å². The van der Waals surface area contributed by atoms with Crippen molar-refractivity contribution in [2.45, 2.75) is 31.2 Å². The van der Waals surface area contributed by atoms with Gasteiger partial charge in [0.05, 0.1) is 17.3 Å². The molecule has 0 atom stereocenters. The molecule has 0 saturated heterocycles. The highest BCUT2D eigenvalue weighted by molar-refractivity contribution is 7.89. The summed E-state index contributed by atoms with van der Waals surface area (Å²) >= 11 is 1.54. The minimum Gasteiger partial charge on any atom is -0.495 e. The van der Waals surface area contributed by atoms with Crippen molar-refractivity contribution in [1.82, 2.24) is 15.0 Å². The SMILES string of the molecule is COc1ccc(C(=O)NCCNc2nc3ccccc3s2)cc1S(=O)(=O)NC(C)(C)C. The predicted molar refractivity (Wildman–Crippen MR) is 124 cm³/mol. The number of hydrogen-bond donors (Lipinski definition) is 3. The van der Waals surface area contributed by atoms with E-state index < -0.39 is 15.6 Å². The smallest absolute Gasteiger partial charge is 0.251 e. The van der Waals surface area contributed by atoms with Crippen LogP contribution in [0.5, 0.6) is 5.75 Å². The number of fused-ring (bicyclic) bond motifs is 1. The maximum absolute atomic E-state index is 12.8. The van der Waals surface area contributed by atoms with Gasteiger partial charge >= 0.3 is 0 Å². The van der Waals surface area contributed by atoms with Crippen molar-refractivity contribution >= 4 is 42.6 Å². The lowest BCUT2D eigenvalue weighted by Gasteiger charge is -2.21. The van der Waals surface area contributed by atoms with Crippen LogP contribution in [0.25, 0.3) is 10.2 Å². The van der Waals surface area contributed by atoms with Crippen LogP contribution in [0.2, 0.25) is 0 Å². The fourth-order valence-electron chi connectivity index (χ4n) is 2.88. The third kappa shape index (κ3) is 5.93. The standard InChI is InChI=1S/C21H26N4O4S2/c1-21(2,3)25-31(27,28)18-13-14(9-10-16(18)29-4)19(26)22-11-12-23-20-24-15-7-5-6-8-17(15)30-20/h5-10,13,25H,11-12H2,1-4H3,(H,22,26)(H,23,24). The van der Waals surface area contributed by atoms with Gasteiger partial charge in [-0.05, 0) is 51.1 Å². The van der Waals surface area contributed by atoms with Crippen molar-refractivity contribution in [3.63, 3.8) is 0 Å². The third-order valence-electron chi connectivity index (χ3n) is 4.14. The first-order chi connectivity index (χ1) is 14.6. The molecule has 1 amide bonds. The van der Waals surface area contributed by atoms with Crippen LogP contribution in [0.1, 0.15) is 31.1 Å². The van der Waals surface area contributed by atoms with Gasteiger partial charge in [-0.25, -0.2) is 18.1 Å². The van der Waals surface area contributed by atoms with Crippen LogP contribution in [0.15, 0.2) is 47.4 Å². The number of thiazole rings is 1. The highest BCUT2D eigenvalue weighted by atomic mass is 32.2. The predicted octanol–water partition coefficient (Wildman–Crippen LogP) is 3.22. The van der Waals surface area contributed by atoms with Gasteiger partial charge in [0.2, 0.25) is 10.0 Å². The topological polar surface area (TPSA) is 109 Å². The molecule has 1 heterocycles. The molecular formula is C21H26N4O4S2. The first-order valence-corrected chi connectivity index (χ1v) is 12.0. The minimum absolute atomic E-state index is 0.0785. The molecule has 3 aromatic rings. The van der Waals surface area contributed by atoms with Gasteiger partial charge in [0, 0.05) is 24.2 Å². The van der Waals surface area contributed by atoms with E-state index in [4.69, 9.17) is 4.74 Å². The van der Waals surface area contributed by atoms with Gasteiger partial charge in [-0.15, -0.1) is 0 Å². The Hall–Kier alpha value is -2.69. The zero-order valence-electron chi connectivity index (χ0n) is 17.9. The van der Waals surface area contributed by atoms with E-state index in [1.54, 1.807) is 32.1 Å². The monoisotopic (exact) mass is 462 g/mol. The maximum Gasteiger partial charge on any atom is 0.251 e. The Labute approximate surface area is 186 Å². The number of amides is 1. The Kier molecular flexibility index (Phi) is 6.83. The molecule has 10 heteroatoms. The van der Waals surface area contributed by atoms with Crippen molar-refractivity contribution < 1.29 is 17.9 Å². The van der Waals surface area contributed by atoms with E-state index in [0.717, 1.165) is 15.3 Å². The second kappa shape index (κ2) is 9.21. The van der Waals surface area contributed by atoms with Crippen molar-refractivity contribution in [3.05, 3.63) is 48.0 Å². The lowest BCUT2D eigenvalue weighted by molar-refractivity contribution is 0.0955. The van der Waals surface area contributed by atoms with E-state index in [1.807, 2.05) is 24.3 Å². The van der Waals surface area contributed by atoms with Crippen LogP contribution < -0.4 is 20.1 Å². The number of sulfonamides is 1. The Morgan fingerprint density at radius 1 is 1.13 bits per heavy atom. The summed E-state index contributed by atoms with van der Waals surface area (Å²) in [7, 11) is -2.48. The van der Waals surface area contributed by atoms with Gasteiger partial charge in [-0.3, -0.25) is 4.79 Å². The van der Waals surface area contributed by atoms with Crippen molar-refractivity contribution in [1.29, 1.82) is 0 Å². The minimum atomic E-state index is -3.87. The Morgan fingerprint density at radius 3 is 2.55 bits per heavy atom. The number of hydrogen-bond acceptors (Lipinski definition) is 7. The summed E-state index contributed by atoms with van der Waals surface area (Å²) < 4.78 is 34.4. The number of nitrogens with one attached hydrogen (secondary N) is 3. The Morgan fingerprint density at radius 2 is 1.87 bits per heavy atom. The third-order valence-corrected chi connectivity index (χ3v) is 6.91. The molecule has 0 spiro atoms. The summed E-state index contributed by atoms with van der Waals surface area (Å²) in [5.74, 6) is -0.202. The van der Waals surface area contributed by atoms with E-state index in [2.05, 4.69) is 20.3 Å². The molecule has 1 aromatic heterocycles. The molecule has 3 rings (SSSR count). The number of aromatic nitrogens is 1. The van der Waals surface area contributed by atoms with Gasteiger partial charge in [0.1, 0.15) is 10.6 Å². The van der Waals surface area contributed by atoms with Gasteiger partial charge < -0.3 is 15.4 Å². The molecule has 8 nitrogen and oxygen atoms in total. The number of ether oxygens (including phenoxy) is 1. The molecule has 0 aliphatic carbocycles. The number of carbonyl (C=O) groups is 1. The number of carbonyl (C=O) groups excluding carboxylic acids is 1. The molecule has 0 aliphatic rings. The second-order valence-corrected chi connectivity index (χ2v) is 10.6. The maximum atomic E-state index is 12.8. The van der Waals surface area contributed by atoms with Gasteiger partial charge in [0.15, 0.2) is 5.13 Å². The molecule has 31 heavy (non-hydrogen) atoms. The normalized spacial score (nSPS) is 12.0. The molecule has 2 aromatic carbocycles. The van der Waals surface area contributed by atoms with E-state index in [0.29, 0.717) is 13.1 Å². The van der Waals surface area contributed by atoms with E-state index in [-0.39, 0.29) is 22.1 Å². The Balaban J connectivity index is 1.64.